The van der Waals surface area contributed by atoms with Gasteiger partial charge in [0.15, 0.2) is 0 Å². The van der Waals surface area contributed by atoms with Crippen LogP contribution < -0.4 is 5.56 Å². The molecule has 0 saturated heterocycles. The molecule has 0 radical (unpaired) electrons. The van der Waals surface area contributed by atoms with E-state index in [1.165, 1.54) is 22.9 Å². The molecule has 6 heteroatoms. The second kappa shape index (κ2) is 5.26. The van der Waals surface area contributed by atoms with Crippen LogP contribution in [-0.2, 0) is 11.3 Å². The van der Waals surface area contributed by atoms with E-state index in [0.717, 1.165) is 0 Å². The number of nitrogens with zero attached hydrogens (tertiary/aromatic N) is 2. The lowest BCUT2D eigenvalue weighted by atomic mass is 10.4. The van der Waals surface area contributed by atoms with Crippen LogP contribution in [0.15, 0.2) is 23.1 Å². The van der Waals surface area contributed by atoms with E-state index in [4.69, 9.17) is 4.74 Å². The summed E-state index contributed by atoms with van der Waals surface area (Å²) in [6.45, 7) is 3.10. The summed E-state index contributed by atoms with van der Waals surface area (Å²) in [6, 6.07) is 2.38. The van der Waals surface area contributed by atoms with Crippen LogP contribution in [0.25, 0.3) is 0 Å². The van der Waals surface area contributed by atoms with Crippen molar-refractivity contribution in [2.75, 3.05) is 13.2 Å². The van der Waals surface area contributed by atoms with Gasteiger partial charge in [-0.15, -0.1) is 0 Å². The maximum atomic E-state index is 11.3. The summed E-state index contributed by atoms with van der Waals surface area (Å²) in [7, 11) is 0. The van der Waals surface area contributed by atoms with Gasteiger partial charge in [0, 0.05) is 25.3 Å². The summed E-state index contributed by atoms with van der Waals surface area (Å²) >= 11 is 0. The molecule has 0 unspecified atom stereocenters. The maximum Gasteiger partial charge on any atom is 0.285 e. The highest BCUT2D eigenvalue weighted by molar-refractivity contribution is 5.24. The van der Waals surface area contributed by atoms with Gasteiger partial charge in [-0.25, -0.2) is 0 Å². The van der Waals surface area contributed by atoms with Gasteiger partial charge in [-0.1, -0.05) is 0 Å². The van der Waals surface area contributed by atoms with E-state index in [2.05, 4.69) is 0 Å². The van der Waals surface area contributed by atoms with E-state index in [0.29, 0.717) is 19.8 Å². The maximum absolute atomic E-state index is 11.3. The summed E-state index contributed by atoms with van der Waals surface area (Å²) < 4.78 is 6.33. The fraction of sp³-hybridized carbons (Fsp3) is 0.444. The summed E-state index contributed by atoms with van der Waals surface area (Å²) in [6.07, 6.45) is 1.22. The van der Waals surface area contributed by atoms with Crippen molar-refractivity contribution in [3.8, 4) is 0 Å². The van der Waals surface area contributed by atoms with Crippen molar-refractivity contribution in [3.63, 3.8) is 0 Å². The molecule has 82 valence electrons. The minimum Gasteiger partial charge on any atom is -0.380 e. The van der Waals surface area contributed by atoms with Gasteiger partial charge in [-0.3, -0.25) is 14.9 Å². The molecule has 15 heavy (non-hydrogen) atoms. The van der Waals surface area contributed by atoms with Gasteiger partial charge in [-0.05, 0) is 6.92 Å². The summed E-state index contributed by atoms with van der Waals surface area (Å²) in [5.74, 6) is 0. The second-order valence-electron chi connectivity index (χ2n) is 2.87. The van der Waals surface area contributed by atoms with Crippen LogP contribution in [0, 0.1) is 10.1 Å². The molecule has 0 N–H and O–H groups in total. The number of aromatic nitrogens is 1. The van der Waals surface area contributed by atoms with Crippen LogP contribution in [-0.4, -0.2) is 22.7 Å². The molecule has 0 aliphatic carbocycles. The van der Waals surface area contributed by atoms with Gasteiger partial charge < -0.3 is 9.30 Å². The predicted octanol–water partition coefficient (Wildman–Crippen LogP) is 0.793. The predicted molar refractivity (Wildman–Crippen MR) is 53.8 cm³/mol. The zero-order chi connectivity index (χ0) is 11.3. The molecular weight excluding hydrogens is 200 g/mol. The minimum absolute atomic E-state index is 0.0916. The van der Waals surface area contributed by atoms with Crippen LogP contribution >= 0.6 is 0 Å². The molecular formula is C9H12N2O4. The van der Waals surface area contributed by atoms with Gasteiger partial charge in [0.05, 0.1) is 17.7 Å². The normalized spacial score (nSPS) is 10.2. The fourth-order valence-electron chi connectivity index (χ4n) is 1.11. The van der Waals surface area contributed by atoms with Crippen molar-refractivity contribution in [1.29, 1.82) is 0 Å². The molecule has 0 aliphatic rings. The second-order valence-corrected chi connectivity index (χ2v) is 2.87. The zero-order valence-corrected chi connectivity index (χ0v) is 8.38. The van der Waals surface area contributed by atoms with E-state index in [1.54, 1.807) is 0 Å². The molecule has 1 heterocycles. The molecule has 0 aromatic carbocycles. The highest BCUT2D eigenvalue weighted by Gasteiger charge is 2.06. The molecule has 1 aromatic heterocycles. The Hall–Kier alpha value is -1.69. The minimum atomic E-state index is -0.531. The molecule has 1 rings (SSSR count). The Kier molecular flexibility index (Phi) is 3.99. The van der Waals surface area contributed by atoms with Crippen molar-refractivity contribution >= 4 is 5.69 Å². The summed E-state index contributed by atoms with van der Waals surface area (Å²) in [5, 5.41) is 10.5. The number of hydrogen-bond acceptors (Lipinski definition) is 4. The third kappa shape index (κ3) is 3.17. The zero-order valence-electron chi connectivity index (χ0n) is 8.38. The Morgan fingerprint density at radius 1 is 1.53 bits per heavy atom. The molecule has 0 bridgehead atoms. The van der Waals surface area contributed by atoms with Crippen molar-refractivity contribution in [2.45, 2.75) is 13.5 Å². The van der Waals surface area contributed by atoms with Crippen LogP contribution in [0.1, 0.15) is 6.92 Å². The quantitative estimate of drug-likeness (QED) is 0.411. The van der Waals surface area contributed by atoms with Gasteiger partial charge >= 0.3 is 0 Å². The lowest BCUT2D eigenvalue weighted by Crippen LogP contribution is -2.21. The number of ether oxygens (including phenoxy) is 1. The largest absolute Gasteiger partial charge is 0.380 e. The number of rotatable bonds is 5. The third-order valence-corrected chi connectivity index (χ3v) is 1.86. The van der Waals surface area contributed by atoms with Crippen LogP contribution in [0.3, 0.4) is 0 Å². The van der Waals surface area contributed by atoms with Crippen molar-refractivity contribution in [1.82, 2.24) is 4.57 Å². The summed E-state index contributed by atoms with van der Waals surface area (Å²) in [4.78, 5) is 21.2. The molecule has 0 spiro atoms. The molecule has 6 nitrogen and oxygen atoms in total. The lowest BCUT2D eigenvalue weighted by molar-refractivity contribution is -0.385. The van der Waals surface area contributed by atoms with Crippen molar-refractivity contribution < 1.29 is 9.66 Å². The highest BCUT2D eigenvalue weighted by Crippen LogP contribution is 2.05. The van der Waals surface area contributed by atoms with Gasteiger partial charge in [0.25, 0.3) is 11.2 Å². The molecule has 0 saturated carbocycles. The van der Waals surface area contributed by atoms with E-state index >= 15 is 0 Å². The van der Waals surface area contributed by atoms with Gasteiger partial charge in [-0.2, -0.15) is 0 Å². The third-order valence-electron chi connectivity index (χ3n) is 1.86. The number of pyridine rings is 1. The SMILES string of the molecule is CCOCCn1cc([N+](=O)[O-])ccc1=O. The van der Waals surface area contributed by atoms with Crippen LogP contribution in [0.2, 0.25) is 0 Å². The Bertz CT molecular complexity index is 399. The van der Waals surface area contributed by atoms with E-state index < -0.39 is 4.92 Å². The van der Waals surface area contributed by atoms with E-state index in [9.17, 15) is 14.9 Å². The topological polar surface area (TPSA) is 74.4 Å². The van der Waals surface area contributed by atoms with Gasteiger partial charge in [0.1, 0.15) is 0 Å². The molecule has 1 aromatic rings. The first-order valence-electron chi connectivity index (χ1n) is 4.57. The van der Waals surface area contributed by atoms with Gasteiger partial charge in [0.2, 0.25) is 0 Å². The first-order chi connectivity index (χ1) is 7.15. The lowest BCUT2D eigenvalue weighted by Gasteiger charge is -2.04. The first kappa shape index (κ1) is 11.4. The Balaban J connectivity index is 2.81. The average Bonchev–Trinajstić information content (AvgIpc) is 2.20. The molecule has 0 atom stereocenters. The molecule has 0 amide bonds. The fourth-order valence-corrected chi connectivity index (χ4v) is 1.11. The highest BCUT2D eigenvalue weighted by atomic mass is 16.6. The Morgan fingerprint density at radius 3 is 2.87 bits per heavy atom. The Morgan fingerprint density at radius 2 is 2.27 bits per heavy atom. The number of hydrogen-bond donors (Lipinski definition) is 0. The van der Waals surface area contributed by atoms with E-state index in [1.807, 2.05) is 6.92 Å². The first-order valence-corrected chi connectivity index (χ1v) is 4.57. The Labute approximate surface area is 86.2 Å². The van der Waals surface area contributed by atoms with E-state index in [-0.39, 0.29) is 11.2 Å². The van der Waals surface area contributed by atoms with Crippen molar-refractivity contribution in [2.24, 2.45) is 0 Å². The average molecular weight is 212 g/mol. The smallest absolute Gasteiger partial charge is 0.285 e. The standard InChI is InChI=1S/C9H12N2O4/c1-2-15-6-5-10-7-8(11(13)14)3-4-9(10)12/h3-4,7H,2,5-6H2,1H3. The summed E-state index contributed by atoms with van der Waals surface area (Å²) in [5.41, 5.74) is -0.355. The number of nitro groups is 1. The van der Waals surface area contributed by atoms with Crippen LogP contribution in [0.5, 0.6) is 0 Å². The monoisotopic (exact) mass is 212 g/mol. The van der Waals surface area contributed by atoms with Crippen molar-refractivity contribution in [3.05, 3.63) is 38.8 Å². The molecule has 0 fully saturated rings. The van der Waals surface area contributed by atoms with Crippen LogP contribution in [0.4, 0.5) is 5.69 Å². The molecule has 0 aliphatic heterocycles.